The molecule has 0 radical (unpaired) electrons. The Balaban J connectivity index is 1.71. The highest BCUT2D eigenvalue weighted by molar-refractivity contribution is 6.31. The van der Waals surface area contributed by atoms with Crippen molar-refractivity contribution in [2.24, 2.45) is 5.92 Å². The molecule has 0 bridgehead atoms. The van der Waals surface area contributed by atoms with Gasteiger partial charge >= 0.3 is 0 Å². The molecule has 1 aromatic rings. The lowest BCUT2D eigenvalue weighted by molar-refractivity contribution is -0.136. The zero-order valence-corrected chi connectivity index (χ0v) is 14.6. The molecule has 122 valence electrons. The lowest BCUT2D eigenvalue weighted by Gasteiger charge is -2.36. The van der Waals surface area contributed by atoms with E-state index in [-0.39, 0.29) is 5.91 Å². The van der Waals surface area contributed by atoms with E-state index in [2.05, 4.69) is 16.9 Å². The van der Waals surface area contributed by atoms with Crippen molar-refractivity contribution in [3.05, 3.63) is 16.4 Å². The van der Waals surface area contributed by atoms with Gasteiger partial charge in [0.1, 0.15) is 6.54 Å². The van der Waals surface area contributed by atoms with Crippen LogP contribution in [0.25, 0.3) is 0 Å². The molecule has 2 fully saturated rings. The lowest BCUT2D eigenvalue weighted by Crippen LogP contribution is -2.45. The van der Waals surface area contributed by atoms with Crippen LogP contribution in [0, 0.1) is 19.8 Å². The van der Waals surface area contributed by atoms with Crippen LogP contribution in [0.4, 0.5) is 0 Å². The first-order valence-electron chi connectivity index (χ1n) is 8.48. The van der Waals surface area contributed by atoms with Gasteiger partial charge in [0.2, 0.25) is 5.91 Å². The number of halogens is 1. The fourth-order valence-electron chi connectivity index (χ4n) is 3.62. The third-order valence-electron chi connectivity index (χ3n) is 5.19. The molecule has 2 saturated carbocycles. The zero-order valence-electron chi connectivity index (χ0n) is 13.8. The van der Waals surface area contributed by atoms with Gasteiger partial charge in [-0.2, -0.15) is 5.10 Å². The molecule has 0 aliphatic heterocycles. The van der Waals surface area contributed by atoms with Crippen molar-refractivity contribution in [3.63, 3.8) is 0 Å². The largest absolute Gasteiger partial charge is 0.335 e. The number of aromatic nitrogens is 2. The Morgan fingerprint density at radius 2 is 1.73 bits per heavy atom. The lowest BCUT2D eigenvalue weighted by atomic mass is 9.86. The number of amides is 1. The van der Waals surface area contributed by atoms with Crippen LogP contribution < -0.4 is 0 Å². The van der Waals surface area contributed by atoms with Crippen LogP contribution in [0.15, 0.2) is 0 Å². The predicted octanol–water partition coefficient (Wildman–Crippen LogP) is 3.72. The molecule has 0 saturated heterocycles. The highest BCUT2D eigenvalue weighted by Crippen LogP contribution is 2.35. The van der Waals surface area contributed by atoms with Crippen LogP contribution in [-0.4, -0.2) is 32.7 Å². The van der Waals surface area contributed by atoms with Gasteiger partial charge in [-0.1, -0.05) is 18.5 Å². The maximum atomic E-state index is 12.9. The summed E-state index contributed by atoms with van der Waals surface area (Å²) < 4.78 is 1.76. The summed E-state index contributed by atoms with van der Waals surface area (Å²) in [5.41, 5.74) is 1.69. The monoisotopic (exact) mass is 323 g/mol. The van der Waals surface area contributed by atoms with Crippen molar-refractivity contribution in [1.29, 1.82) is 0 Å². The second-order valence-electron chi connectivity index (χ2n) is 7.09. The summed E-state index contributed by atoms with van der Waals surface area (Å²) in [6.45, 7) is 6.45. The molecule has 3 rings (SSSR count). The van der Waals surface area contributed by atoms with Gasteiger partial charge in [-0.25, -0.2) is 0 Å². The summed E-state index contributed by atoms with van der Waals surface area (Å²) in [7, 11) is 0. The maximum Gasteiger partial charge on any atom is 0.244 e. The summed E-state index contributed by atoms with van der Waals surface area (Å²) in [5.74, 6) is 1.02. The van der Waals surface area contributed by atoms with Gasteiger partial charge in [0.25, 0.3) is 0 Å². The molecule has 1 aromatic heterocycles. The Bertz CT molecular complexity index is 556. The van der Waals surface area contributed by atoms with Crippen molar-refractivity contribution in [2.45, 2.75) is 77.9 Å². The number of nitrogens with zero attached hydrogens (tertiary/aromatic N) is 3. The van der Waals surface area contributed by atoms with Gasteiger partial charge in [0.05, 0.1) is 16.4 Å². The Morgan fingerprint density at radius 3 is 2.18 bits per heavy atom. The molecule has 0 unspecified atom stereocenters. The summed E-state index contributed by atoms with van der Waals surface area (Å²) in [6.07, 6.45) is 7.12. The Morgan fingerprint density at radius 1 is 1.18 bits per heavy atom. The van der Waals surface area contributed by atoms with E-state index in [4.69, 9.17) is 11.6 Å². The number of aryl methyl sites for hydroxylation is 1. The van der Waals surface area contributed by atoms with Gasteiger partial charge < -0.3 is 4.90 Å². The topological polar surface area (TPSA) is 38.1 Å². The first-order valence-corrected chi connectivity index (χ1v) is 8.85. The first-order chi connectivity index (χ1) is 10.5. The summed E-state index contributed by atoms with van der Waals surface area (Å²) in [6, 6.07) is 0.905. The normalized spacial score (nSPS) is 25.3. The standard InChI is InChI=1S/C17H26ClN3O/c1-11-4-6-14(7-5-11)21(15-8-9-15)16(22)10-20-13(3)17(18)12(2)19-20/h11,14-15H,4-10H2,1-3H3. The molecule has 1 heterocycles. The quantitative estimate of drug-likeness (QED) is 0.847. The molecule has 0 spiro atoms. The molecule has 4 nitrogen and oxygen atoms in total. The molecule has 2 aliphatic carbocycles. The summed E-state index contributed by atoms with van der Waals surface area (Å²) in [4.78, 5) is 15.0. The average Bonchev–Trinajstić information content (AvgIpc) is 3.28. The number of rotatable bonds is 4. The minimum Gasteiger partial charge on any atom is -0.335 e. The molecular formula is C17H26ClN3O. The molecule has 5 heteroatoms. The molecule has 0 N–H and O–H groups in total. The van der Waals surface area contributed by atoms with Crippen LogP contribution in [0.3, 0.4) is 0 Å². The minimum atomic E-state index is 0.212. The van der Waals surface area contributed by atoms with E-state index in [1.54, 1.807) is 4.68 Å². The maximum absolute atomic E-state index is 12.9. The van der Waals surface area contributed by atoms with E-state index >= 15 is 0 Å². The van der Waals surface area contributed by atoms with Crippen molar-refractivity contribution >= 4 is 17.5 Å². The van der Waals surface area contributed by atoms with E-state index in [1.165, 1.54) is 12.8 Å². The van der Waals surface area contributed by atoms with Crippen molar-refractivity contribution in [2.75, 3.05) is 0 Å². The molecule has 2 aliphatic rings. The fraction of sp³-hybridized carbons (Fsp3) is 0.765. The van der Waals surface area contributed by atoms with Crippen LogP contribution >= 0.6 is 11.6 Å². The number of carbonyl (C=O) groups excluding carboxylic acids is 1. The number of hydrogen-bond acceptors (Lipinski definition) is 2. The van der Waals surface area contributed by atoms with E-state index in [9.17, 15) is 4.79 Å². The van der Waals surface area contributed by atoms with E-state index in [0.717, 1.165) is 43.0 Å². The van der Waals surface area contributed by atoms with Crippen LogP contribution in [-0.2, 0) is 11.3 Å². The SMILES string of the molecule is Cc1nn(CC(=O)N(C2CCC(C)CC2)C2CC2)c(C)c1Cl. The molecule has 1 amide bonds. The summed E-state index contributed by atoms with van der Waals surface area (Å²) >= 11 is 6.19. The van der Waals surface area contributed by atoms with Crippen molar-refractivity contribution in [3.8, 4) is 0 Å². The highest BCUT2D eigenvalue weighted by Gasteiger charge is 2.38. The average molecular weight is 324 g/mol. The van der Waals surface area contributed by atoms with Crippen molar-refractivity contribution < 1.29 is 4.79 Å². The second kappa shape index (κ2) is 6.23. The fourth-order valence-corrected chi connectivity index (χ4v) is 3.75. The van der Waals surface area contributed by atoms with Gasteiger partial charge in [0.15, 0.2) is 0 Å². The van der Waals surface area contributed by atoms with Crippen LogP contribution in [0.2, 0.25) is 5.02 Å². The second-order valence-corrected chi connectivity index (χ2v) is 7.47. The highest BCUT2D eigenvalue weighted by atomic mass is 35.5. The Labute approximate surface area is 137 Å². The number of carbonyl (C=O) groups is 1. The Kier molecular flexibility index (Phi) is 4.49. The molecule has 0 atom stereocenters. The minimum absolute atomic E-state index is 0.212. The Hall–Kier alpha value is -1.03. The van der Waals surface area contributed by atoms with E-state index in [1.807, 2.05) is 13.8 Å². The molecular weight excluding hydrogens is 298 g/mol. The van der Waals surface area contributed by atoms with E-state index < -0.39 is 0 Å². The van der Waals surface area contributed by atoms with Gasteiger partial charge in [0, 0.05) is 12.1 Å². The smallest absolute Gasteiger partial charge is 0.244 e. The predicted molar refractivity (Wildman–Crippen MR) is 88.0 cm³/mol. The summed E-state index contributed by atoms with van der Waals surface area (Å²) in [5, 5.41) is 5.08. The van der Waals surface area contributed by atoms with Gasteiger partial charge in [-0.15, -0.1) is 0 Å². The zero-order chi connectivity index (χ0) is 15.9. The number of hydrogen-bond donors (Lipinski definition) is 0. The van der Waals surface area contributed by atoms with Gasteiger partial charge in [-0.05, 0) is 58.3 Å². The van der Waals surface area contributed by atoms with Gasteiger partial charge in [-0.3, -0.25) is 9.48 Å². The molecule has 0 aromatic carbocycles. The van der Waals surface area contributed by atoms with Crippen molar-refractivity contribution in [1.82, 2.24) is 14.7 Å². The van der Waals surface area contributed by atoms with E-state index in [0.29, 0.717) is 23.7 Å². The third-order valence-corrected chi connectivity index (χ3v) is 5.73. The van der Waals surface area contributed by atoms with Crippen LogP contribution in [0.5, 0.6) is 0 Å². The van der Waals surface area contributed by atoms with Crippen LogP contribution in [0.1, 0.15) is 56.8 Å². The molecule has 22 heavy (non-hydrogen) atoms. The first kappa shape index (κ1) is 15.9. The third kappa shape index (κ3) is 3.17.